The summed E-state index contributed by atoms with van der Waals surface area (Å²) in [6.45, 7) is 6.24. The van der Waals surface area contributed by atoms with E-state index in [2.05, 4.69) is 44.4 Å². The Morgan fingerprint density at radius 1 is 1.00 bits per heavy atom. The second-order valence-corrected chi connectivity index (χ2v) is 8.11. The molecule has 5 rings (SSSR count). The fourth-order valence-electron chi connectivity index (χ4n) is 4.55. The van der Waals surface area contributed by atoms with Crippen LogP contribution < -0.4 is 5.32 Å². The van der Waals surface area contributed by atoms with Crippen molar-refractivity contribution in [2.75, 3.05) is 39.3 Å². The van der Waals surface area contributed by atoms with Gasteiger partial charge in [-0.15, -0.1) is 0 Å². The average Bonchev–Trinajstić information content (AvgIpc) is 3.34. The molecular formula is C23H26N4O3. The Labute approximate surface area is 174 Å². The first-order valence-electron chi connectivity index (χ1n) is 10.4. The second-order valence-electron chi connectivity index (χ2n) is 8.11. The highest BCUT2D eigenvalue weighted by molar-refractivity contribution is 6.05. The van der Waals surface area contributed by atoms with Gasteiger partial charge in [-0.3, -0.25) is 14.6 Å². The lowest BCUT2D eigenvalue weighted by Gasteiger charge is -2.34. The molecule has 156 valence electrons. The van der Waals surface area contributed by atoms with Gasteiger partial charge >= 0.3 is 0 Å². The molecule has 0 atom stereocenters. The summed E-state index contributed by atoms with van der Waals surface area (Å²) in [5.74, 6) is 0.0140. The molecule has 0 saturated carbocycles. The standard InChI is InChI=1S/C23H26N4O3/c28-10-9-26-5-7-27(8-6-26)14-15-1-3-19-16(11-15)12-20(25-19)17-2-4-21(29)18-13-24-23(30)22(17)18/h1-4,11-12,25,28-29H,5-10,13-14H2,(H,24,30). The molecule has 3 heterocycles. The molecule has 7 heteroatoms. The molecule has 0 aliphatic carbocycles. The molecule has 1 aromatic heterocycles. The van der Waals surface area contributed by atoms with Crippen LogP contribution in [0.15, 0.2) is 36.4 Å². The van der Waals surface area contributed by atoms with Gasteiger partial charge in [0, 0.05) is 73.5 Å². The molecule has 0 bridgehead atoms. The number of nitrogens with one attached hydrogen (secondary N) is 2. The third-order valence-corrected chi connectivity index (χ3v) is 6.20. The number of carbonyl (C=O) groups excluding carboxylic acids is 1. The van der Waals surface area contributed by atoms with Crippen LogP contribution in [0.25, 0.3) is 22.2 Å². The molecule has 2 aromatic carbocycles. The van der Waals surface area contributed by atoms with Crippen LogP contribution in [-0.4, -0.2) is 70.2 Å². The largest absolute Gasteiger partial charge is 0.508 e. The van der Waals surface area contributed by atoms with Crippen LogP contribution in [0.2, 0.25) is 0 Å². The summed E-state index contributed by atoms with van der Waals surface area (Å²) in [5, 5.41) is 23.1. The van der Waals surface area contributed by atoms with Crippen LogP contribution in [0, 0.1) is 0 Å². The number of β-amino-alcohol motifs (C(OH)–C–C–N with tert-alkyl or cyclic N) is 1. The predicted octanol–water partition coefficient (Wildman–Crippen LogP) is 1.89. The Hall–Kier alpha value is -2.87. The van der Waals surface area contributed by atoms with Gasteiger partial charge in [0.15, 0.2) is 0 Å². The molecule has 2 aliphatic rings. The maximum absolute atomic E-state index is 12.3. The van der Waals surface area contributed by atoms with Crippen molar-refractivity contribution in [3.05, 3.63) is 53.1 Å². The van der Waals surface area contributed by atoms with Gasteiger partial charge in [0.25, 0.3) is 5.91 Å². The first-order chi connectivity index (χ1) is 14.6. The fourth-order valence-corrected chi connectivity index (χ4v) is 4.55. The van der Waals surface area contributed by atoms with Gasteiger partial charge in [0.2, 0.25) is 0 Å². The zero-order valence-electron chi connectivity index (χ0n) is 16.8. The average molecular weight is 406 g/mol. The number of aromatic amines is 1. The third-order valence-electron chi connectivity index (χ3n) is 6.20. The van der Waals surface area contributed by atoms with Crippen LogP contribution in [0.4, 0.5) is 0 Å². The highest BCUT2D eigenvalue weighted by Gasteiger charge is 2.26. The summed E-state index contributed by atoms with van der Waals surface area (Å²) in [4.78, 5) is 20.5. The quantitative estimate of drug-likeness (QED) is 0.520. The Morgan fingerprint density at radius 3 is 2.60 bits per heavy atom. The van der Waals surface area contributed by atoms with Crippen molar-refractivity contribution in [3.8, 4) is 17.0 Å². The van der Waals surface area contributed by atoms with E-state index in [4.69, 9.17) is 5.11 Å². The van der Waals surface area contributed by atoms with Gasteiger partial charge in [-0.1, -0.05) is 6.07 Å². The number of aromatic hydroxyl groups is 1. The molecule has 1 saturated heterocycles. The molecule has 30 heavy (non-hydrogen) atoms. The number of phenols is 1. The summed E-state index contributed by atoms with van der Waals surface area (Å²) in [7, 11) is 0. The molecule has 0 unspecified atom stereocenters. The van der Waals surface area contributed by atoms with Crippen LogP contribution in [-0.2, 0) is 13.1 Å². The number of nitrogens with zero attached hydrogens (tertiary/aromatic N) is 2. The minimum atomic E-state index is -0.143. The Morgan fingerprint density at radius 2 is 1.80 bits per heavy atom. The Kier molecular flexibility index (Phi) is 4.94. The topological polar surface area (TPSA) is 91.8 Å². The van der Waals surface area contributed by atoms with E-state index in [1.807, 2.05) is 0 Å². The van der Waals surface area contributed by atoms with Gasteiger partial charge in [0.05, 0.1) is 12.2 Å². The number of aliphatic hydroxyl groups is 1. The minimum Gasteiger partial charge on any atom is -0.508 e. The van der Waals surface area contributed by atoms with Crippen molar-refractivity contribution in [1.82, 2.24) is 20.1 Å². The normalized spacial score (nSPS) is 17.4. The lowest BCUT2D eigenvalue weighted by molar-refractivity contribution is 0.0966. The summed E-state index contributed by atoms with van der Waals surface area (Å²) in [5.41, 5.74) is 5.21. The number of piperazine rings is 1. The number of fused-ring (bicyclic) bond motifs is 2. The monoisotopic (exact) mass is 406 g/mol. The second kappa shape index (κ2) is 7.75. The molecule has 2 aliphatic heterocycles. The van der Waals surface area contributed by atoms with Crippen molar-refractivity contribution in [1.29, 1.82) is 0 Å². The van der Waals surface area contributed by atoms with E-state index in [0.717, 1.165) is 61.4 Å². The number of phenolic OH excluding ortho intramolecular Hbond substituents is 1. The van der Waals surface area contributed by atoms with Crippen molar-refractivity contribution >= 4 is 16.8 Å². The highest BCUT2D eigenvalue weighted by Crippen LogP contribution is 2.35. The van der Waals surface area contributed by atoms with Gasteiger partial charge in [0.1, 0.15) is 5.75 Å². The van der Waals surface area contributed by atoms with E-state index >= 15 is 0 Å². The summed E-state index contributed by atoms with van der Waals surface area (Å²) in [6.07, 6.45) is 0. The van der Waals surface area contributed by atoms with E-state index in [1.165, 1.54) is 5.56 Å². The number of benzene rings is 2. The molecular weight excluding hydrogens is 380 g/mol. The van der Waals surface area contributed by atoms with Crippen molar-refractivity contribution < 1.29 is 15.0 Å². The van der Waals surface area contributed by atoms with Crippen molar-refractivity contribution in [3.63, 3.8) is 0 Å². The maximum atomic E-state index is 12.3. The molecule has 3 aromatic rings. The van der Waals surface area contributed by atoms with Crippen LogP contribution in [0.3, 0.4) is 0 Å². The lowest BCUT2D eigenvalue weighted by Crippen LogP contribution is -2.46. The zero-order chi connectivity index (χ0) is 20.7. The first-order valence-corrected chi connectivity index (χ1v) is 10.4. The van der Waals surface area contributed by atoms with Crippen LogP contribution >= 0.6 is 0 Å². The minimum absolute atomic E-state index is 0.143. The number of amides is 1. The number of carbonyl (C=O) groups is 1. The van der Waals surface area contributed by atoms with Crippen LogP contribution in [0.1, 0.15) is 21.5 Å². The number of aromatic nitrogens is 1. The smallest absolute Gasteiger partial charge is 0.252 e. The van der Waals surface area contributed by atoms with E-state index in [0.29, 0.717) is 17.7 Å². The molecule has 4 N–H and O–H groups in total. The predicted molar refractivity (Wildman–Crippen MR) is 115 cm³/mol. The molecule has 0 spiro atoms. The summed E-state index contributed by atoms with van der Waals surface area (Å²) in [6, 6.07) is 12.0. The van der Waals surface area contributed by atoms with Crippen molar-refractivity contribution in [2.45, 2.75) is 13.1 Å². The number of H-pyrrole nitrogens is 1. The molecule has 7 nitrogen and oxygen atoms in total. The van der Waals surface area contributed by atoms with Crippen molar-refractivity contribution in [2.24, 2.45) is 0 Å². The van der Waals surface area contributed by atoms with Gasteiger partial charge < -0.3 is 20.5 Å². The van der Waals surface area contributed by atoms with Gasteiger partial charge in [-0.25, -0.2) is 0 Å². The summed E-state index contributed by atoms with van der Waals surface area (Å²) >= 11 is 0. The fraction of sp³-hybridized carbons (Fsp3) is 0.348. The molecule has 1 fully saturated rings. The number of hydrogen-bond donors (Lipinski definition) is 4. The lowest BCUT2D eigenvalue weighted by atomic mass is 9.99. The molecule has 1 amide bonds. The molecule has 0 radical (unpaired) electrons. The Bertz CT molecular complexity index is 1100. The highest BCUT2D eigenvalue weighted by atomic mass is 16.3. The first kappa shape index (κ1) is 19.1. The van der Waals surface area contributed by atoms with E-state index in [-0.39, 0.29) is 18.3 Å². The maximum Gasteiger partial charge on any atom is 0.252 e. The van der Waals surface area contributed by atoms with E-state index in [1.54, 1.807) is 12.1 Å². The number of aliphatic hydroxyl groups excluding tert-OH is 1. The number of hydrogen-bond acceptors (Lipinski definition) is 5. The van der Waals surface area contributed by atoms with Gasteiger partial charge in [-0.05, 0) is 35.9 Å². The van der Waals surface area contributed by atoms with E-state index < -0.39 is 0 Å². The zero-order valence-corrected chi connectivity index (χ0v) is 16.8. The van der Waals surface area contributed by atoms with E-state index in [9.17, 15) is 9.90 Å². The Balaban J connectivity index is 1.38. The van der Waals surface area contributed by atoms with Crippen LogP contribution in [0.5, 0.6) is 5.75 Å². The van der Waals surface area contributed by atoms with Gasteiger partial charge in [-0.2, -0.15) is 0 Å². The number of rotatable bonds is 5. The summed E-state index contributed by atoms with van der Waals surface area (Å²) < 4.78 is 0. The SMILES string of the molecule is O=C1NCc2c(O)ccc(-c3cc4cc(CN5CCN(CCO)CC5)ccc4[nH]3)c21. The third kappa shape index (κ3) is 3.45.